The second-order valence-corrected chi connectivity index (χ2v) is 5.06. The number of Topliss-reactive ketones (excluding diaryl/α,β-unsaturated/α-hetero) is 1. The van der Waals surface area contributed by atoms with Gasteiger partial charge in [-0.05, 0) is 24.7 Å². The second kappa shape index (κ2) is 4.26. The van der Waals surface area contributed by atoms with Crippen LogP contribution in [-0.4, -0.2) is 5.78 Å². The molecule has 1 fully saturated rings. The van der Waals surface area contributed by atoms with E-state index in [0.29, 0.717) is 17.6 Å². The maximum atomic E-state index is 11.9. The highest BCUT2D eigenvalue weighted by molar-refractivity contribution is 5.83. The fourth-order valence-electron chi connectivity index (χ4n) is 2.36. The molecular weight excluding hydrogens is 160 g/mol. The van der Waals surface area contributed by atoms with Gasteiger partial charge in [0.05, 0.1) is 0 Å². The lowest BCUT2D eigenvalue weighted by molar-refractivity contribution is -0.128. The van der Waals surface area contributed by atoms with Crippen LogP contribution < -0.4 is 0 Å². The second-order valence-electron chi connectivity index (χ2n) is 5.06. The van der Waals surface area contributed by atoms with Gasteiger partial charge < -0.3 is 0 Å². The Bertz CT molecular complexity index is 184. The first-order valence-corrected chi connectivity index (χ1v) is 5.56. The number of carbonyl (C=O) groups is 1. The molecule has 3 atom stereocenters. The van der Waals surface area contributed by atoms with Crippen LogP contribution in [0.5, 0.6) is 0 Å². The molecule has 3 unspecified atom stereocenters. The molecule has 0 N–H and O–H groups in total. The molecule has 1 heteroatoms. The monoisotopic (exact) mass is 182 g/mol. The molecule has 13 heavy (non-hydrogen) atoms. The van der Waals surface area contributed by atoms with E-state index in [2.05, 4.69) is 13.8 Å². The van der Waals surface area contributed by atoms with E-state index in [4.69, 9.17) is 0 Å². The highest BCUT2D eigenvalue weighted by Crippen LogP contribution is 2.35. The van der Waals surface area contributed by atoms with Gasteiger partial charge >= 0.3 is 0 Å². The van der Waals surface area contributed by atoms with Crippen LogP contribution in [0, 0.1) is 23.7 Å². The summed E-state index contributed by atoms with van der Waals surface area (Å²) >= 11 is 0. The third-order valence-corrected chi connectivity index (χ3v) is 3.39. The third kappa shape index (κ3) is 2.55. The number of ketones is 1. The van der Waals surface area contributed by atoms with E-state index in [1.54, 1.807) is 0 Å². The van der Waals surface area contributed by atoms with Gasteiger partial charge in [-0.3, -0.25) is 4.79 Å². The van der Waals surface area contributed by atoms with Crippen molar-refractivity contribution in [2.45, 2.75) is 47.0 Å². The van der Waals surface area contributed by atoms with Gasteiger partial charge in [0.25, 0.3) is 0 Å². The number of hydrogen-bond acceptors (Lipinski definition) is 1. The molecule has 0 saturated heterocycles. The Hall–Kier alpha value is -0.330. The normalized spacial score (nSPS) is 35.0. The van der Waals surface area contributed by atoms with Gasteiger partial charge in [-0.1, -0.05) is 34.1 Å². The molecular formula is C12H22O. The van der Waals surface area contributed by atoms with Crippen molar-refractivity contribution in [3.63, 3.8) is 0 Å². The molecule has 0 heterocycles. The average molecular weight is 182 g/mol. The average Bonchev–Trinajstić information content (AvgIpc) is 2.08. The summed E-state index contributed by atoms with van der Waals surface area (Å²) in [6.45, 7) is 8.55. The summed E-state index contributed by atoms with van der Waals surface area (Å²) in [4.78, 5) is 11.9. The van der Waals surface area contributed by atoms with Crippen molar-refractivity contribution in [2.75, 3.05) is 0 Å². The van der Waals surface area contributed by atoms with E-state index < -0.39 is 0 Å². The van der Waals surface area contributed by atoms with Crippen LogP contribution >= 0.6 is 0 Å². The summed E-state index contributed by atoms with van der Waals surface area (Å²) in [6, 6.07) is 0. The zero-order chi connectivity index (χ0) is 10.0. The molecule has 0 radical (unpaired) electrons. The van der Waals surface area contributed by atoms with Crippen LogP contribution in [0.1, 0.15) is 47.0 Å². The van der Waals surface area contributed by atoms with Crippen molar-refractivity contribution < 1.29 is 4.79 Å². The first-order valence-electron chi connectivity index (χ1n) is 5.56. The fourth-order valence-corrected chi connectivity index (χ4v) is 2.36. The quantitative estimate of drug-likeness (QED) is 0.640. The minimum absolute atomic E-state index is 0.220. The SMILES string of the molecule is CC1CCC(C)C(C(=O)C(C)C)C1. The van der Waals surface area contributed by atoms with E-state index in [1.165, 1.54) is 12.8 Å². The van der Waals surface area contributed by atoms with Crippen LogP contribution in [0.15, 0.2) is 0 Å². The summed E-state index contributed by atoms with van der Waals surface area (Å²) in [7, 11) is 0. The van der Waals surface area contributed by atoms with Crippen molar-refractivity contribution in [1.29, 1.82) is 0 Å². The van der Waals surface area contributed by atoms with Gasteiger partial charge in [-0.2, -0.15) is 0 Å². The molecule has 1 saturated carbocycles. The van der Waals surface area contributed by atoms with Gasteiger partial charge in [0, 0.05) is 11.8 Å². The third-order valence-electron chi connectivity index (χ3n) is 3.39. The fraction of sp³-hybridized carbons (Fsp3) is 0.917. The van der Waals surface area contributed by atoms with Crippen molar-refractivity contribution in [3.8, 4) is 0 Å². The van der Waals surface area contributed by atoms with Crippen LogP contribution in [-0.2, 0) is 4.79 Å². The van der Waals surface area contributed by atoms with Crippen molar-refractivity contribution >= 4 is 5.78 Å². The first kappa shape index (κ1) is 10.7. The van der Waals surface area contributed by atoms with Crippen LogP contribution in [0.25, 0.3) is 0 Å². The van der Waals surface area contributed by atoms with Crippen molar-refractivity contribution in [2.24, 2.45) is 23.7 Å². The molecule has 1 aliphatic rings. The highest BCUT2D eigenvalue weighted by atomic mass is 16.1. The number of hydrogen-bond donors (Lipinski definition) is 0. The molecule has 1 nitrogen and oxygen atoms in total. The highest BCUT2D eigenvalue weighted by Gasteiger charge is 2.31. The molecule has 0 aromatic rings. The smallest absolute Gasteiger partial charge is 0.138 e. The minimum Gasteiger partial charge on any atom is -0.299 e. The Kier molecular flexibility index (Phi) is 3.52. The number of rotatable bonds is 2. The van der Waals surface area contributed by atoms with Crippen LogP contribution in [0.4, 0.5) is 0 Å². The summed E-state index contributed by atoms with van der Waals surface area (Å²) in [6.07, 6.45) is 3.67. The minimum atomic E-state index is 0.220. The maximum Gasteiger partial charge on any atom is 0.138 e. The first-order chi connectivity index (χ1) is 6.02. The lowest BCUT2D eigenvalue weighted by Gasteiger charge is -2.32. The largest absolute Gasteiger partial charge is 0.299 e. The Morgan fingerprint density at radius 3 is 2.38 bits per heavy atom. The summed E-state index contributed by atoms with van der Waals surface area (Å²) in [5, 5.41) is 0. The zero-order valence-electron chi connectivity index (χ0n) is 9.34. The standard InChI is InChI=1S/C12H22O/c1-8(2)12(13)11-7-9(3)5-6-10(11)4/h8-11H,5-7H2,1-4H3. The van der Waals surface area contributed by atoms with Gasteiger partial charge in [0.1, 0.15) is 5.78 Å². The number of carbonyl (C=O) groups excluding carboxylic acids is 1. The van der Waals surface area contributed by atoms with E-state index in [9.17, 15) is 4.79 Å². The zero-order valence-corrected chi connectivity index (χ0v) is 9.34. The molecule has 0 bridgehead atoms. The Balaban J connectivity index is 2.60. The van der Waals surface area contributed by atoms with Gasteiger partial charge in [-0.25, -0.2) is 0 Å². The summed E-state index contributed by atoms with van der Waals surface area (Å²) in [5.74, 6) is 2.43. The molecule has 0 amide bonds. The molecule has 76 valence electrons. The molecule has 0 spiro atoms. The molecule has 0 aromatic carbocycles. The van der Waals surface area contributed by atoms with Crippen LogP contribution in [0.3, 0.4) is 0 Å². The molecule has 1 rings (SSSR count). The van der Waals surface area contributed by atoms with Gasteiger partial charge in [-0.15, -0.1) is 0 Å². The van der Waals surface area contributed by atoms with E-state index >= 15 is 0 Å². The van der Waals surface area contributed by atoms with E-state index in [1.807, 2.05) is 13.8 Å². The molecule has 0 aliphatic heterocycles. The lowest BCUT2D eigenvalue weighted by Crippen LogP contribution is -2.31. The summed E-state index contributed by atoms with van der Waals surface area (Å²) in [5.41, 5.74) is 0. The molecule has 1 aliphatic carbocycles. The Labute approximate surface area is 81.9 Å². The maximum absolute atomic E-state index is 11.9. The Morgan fingerprint density at radius 2 is 1.85 bits per heavy atom. The predicted octanol–water partition coefficient (Wildman–Crippen LogP) is 3.28. The molecule has 0 aromatic heterocycles. The van der Waals surface area contributed by atoms with Gasteiger partial charge in [0.15, 0.2) is 0 Å². The lowest BCUT2D eigenvalue weighted by atomic mass is 9.72. The van der Waals surface area contributed by atoms with Gasteiger partial charge in [0.2, 0.25) is 0 Å². The van der Waals surface area contributed by atoms with E-state index in [0.717, 1.165) is 12.3 Å². The van der Waals surface area contributed by atoms with Crippen molar-refractivity contribution in [1.82, 2.24) is 0 Å². The topological polar surface area (TPSA) is 17.1 Å². The van der Waals surface area contributed by atoms with Crippen molar-refractivity contribution in [3.05, 3.63) is 0 Å². The van der Waals surface area contributed by atoms with Crippen LogP contribution in [0.2, 0.25) is 0 Å². The summed E-state index contributed by atoms with van der Waals surface area (Å²) < 4.78 is 0. The van der Waals surface area contributed by atoms with E-state index in [-0.39, 0.29) is 5.92 Å². The Morgan fingerprint density at radius 1 is 1.23 bits per heavy atom. The predicted molar refractivity (Wildman–Crippen MR) is 55.5 cm³/mol.